The van der Waals surface area contributed by atoms with Crippen molar-refractivity contribution >= 4 is 17.8 Å². The Morgan fingerprint density at radius 2 is 2.08 bits per heavy atom. The number of carbonyl (C=O) groups excluding carboxylic acids is 1. The quantitative estimate of drug-likeness (QED) is 0.494. The van der Waals surface area contributed by atoms with Gasteiger partial charge in [-0.25, -0.2) is 5.43 Å². The van der Waals surface area contributed by atoms with Crippen LogP contribution in [0.3, 0.4) is 0 Å². The number of nitrogens with zero attached hydrogens (tertiary/aromatic N) is 2. The molecule has 0 aromatic heterocycles. The van der Waals surface area contributed by atoms with Crippen LogP contribution in [0, 0.1) is 10.1 Å². The lowest BCUT2D eigenvalue weighted by Crippen LogP contribution is -2.42. The van der Waals surface area contributed by atoms with Crippen LogP contribution in [0.15, 0.2) is 47.6 Å². The summed E-state index contributed by atoms with van der Waals surface area (Å²) >= 11 is 0. The number of ether oxygens (including phenoxy) is 2. The van der Waals surface area contributed by atoms with Gasteiger partial charge in [-0.2, -0.15) is 5.10 Å². The smallest absolute Gasteiger partial charge is 0.284 e. The molecule has 1 aliphatic heterocycles. The van der Waals surface area contributed by atoms with Crippen molar-refractivity contribution in [3.05, 3.63) is 58.1 Å². The summed E-state index contributed by atoms with van der Waals surface area (Å²) in [7, 11) is 0. The number of phenols is 1. The second kappa shape index (κ2) is 6.87. The van der Waals surface area contributed by atoms with Crippen molar-refractivity contribution in [2.45, 2.75) is 6.10 Å². The fourth-order valence-electron chi connectivity index (χ4n) is 2.20. The Bertz CT molecular complexity index is 852. The van der Waals surface area contributed by atoms with Gasteiger partial charge in [-0.05, 0) is 24.3 Å². The van der Waals surface area contributed by atoms with Crippen LogP contribution in [0.25, 0.3) is 0 Å². The third kappa shape index (κ3) is 3.66. The van der Waals surface area contributed by atoms with E-state index in [9.17, 15) is 20.0 Å². The molecule has 1 heterocycles. The number of benzene rings is 2. The Balaban J connectivity index is 1.66. The molecule has 2 aromatic carbocycles. The molecule has 0 radical (unpaired) electrons. The van der Waals surface area contributed by atoms with E-state index in [0.717, 1.165) is 12.3 Å². The molecule has 0 spiro atoms. The molecule has 128 valence electrons. The van der Waals surface area contributed by atoms with Gasteiger partial charge in [0, 0.05) is 6.07 Å². The molecule has 0 bridgehead atoms. The van der Waals surface area contributed by atoms with Gasteiger partial charge in [0.15, 0.2) is 11.5 Å². The van der Waals surface area contributed by atoms with Crippen molar-refractivity contribution in [2.24, 2.45) is 5.10 Å². The Morgan fingerprint density at radius 3 is 2.84 bits per heavy atom. The highest BCUT2D eigenvalue weighted by Crippen LogP contribution is 2.30. The monoisotopic (exact) mass is 343 g/mol. The molecule has 3 rings (SSSR count). The molecular weight excluding hydrogens is 330 g/mol. The van der Waals surface area contributed by atoms with E-state index in [1.54, 1.807) is 24.3 Å². The zero-order chi connectivity index (χ0) is 17.8. The summed E-state index contributed by atoms with van der Waals surface area (Å²) in [6.45, 7) is 0.0185. The summed E-state index contributed by atoms with van der Waals surface area (Å²) in [4.78, 5) is 22.4. The summed E-state index contributed by atoms with van der Waals surface area (Å²) in [5.74, 6) is 0.277. The third-order valence-corrected chi connectivity index (χ3v) is 3.39. The van der Waals surface area contributed by atoms with Gasteiger partial charge < -0.3 is 14.6 Å². The molecule has 1 unspecified atom stereocenters. The Morgan fingerprint density at radius 1 is 1.32 bits per heavy atom. The van der Waals surface area contributed by atoms with Gasteiger partial charge in [-0.3, -0.25) is 14.9 Å². The summed E-state index contributed by atoms with van der Waals surface area (Å²) < 4.78 is 10.9. The lowest BCUT2D eigenvalue weighted by Gasteiger charge is -2.24. The number of nitro benzene ring substituents is 1. The van der Waals surface area contributed by atoms with Crippen LogP contribution < -0.4 is 14.9 Å². The first-order chi connectivity index (χ1) is 12.0. The highest BCUT2D eigenvalue weighted by Gasteiger charge is 2.27. The minimum atomic E-state index is -0.897. The van der Waals surface area contributed by atoms with Crippen LogP contribution in [0.5, 0.6) is 17.2 Å². The van der Waals surface area contributed by atoms with Gasteiger partial charge in [0.05, 0.1) is 16.7 Å². The van der Waals surface area contributed by atoms with Crippen molar-refractivity contribution < 1.29 is 24.3 Å². The number of hydrazone groups is 1. The Hall–Kier alpha value is -3.62. The Kier molecular flexibility index (Phi) is 4.46. The van der Waals surface area contributed by atoms with Gasteiger partial charge in [0.25, 0.3) is 11.6 Å². The zero-order valence-electron chi connectivity index (χ0n) is 12.8. The molecule has 9 heteroatoms. The fraction of sp³-hybridized carbons (Fsp3) is 0.125. The van der Waals surface area contributed by atoms with Crippen molar-refractivity contribution in [3.63, 3.8) is 0 Å². The minimum absolute atomic E-state index is 0.0185. The predicted octanol–water partition coefficient (Wildman–Crippen LogP) is 1.59. The van der Waals surface area contributed by atoms with E-state index in [0.29, 0.717) is 11.5 Å². The van der Waals surface area contributed by atoms with Crippen molar-refractivity contribution in [3.8, 4) is 17.2 Å². The van der Waals surface area contributed by atoms with Crippen LogP contribution in [0.4, 0.5) is 5.69 Å². The first kappa shape index (κ1) is 16.2. The molecule has 9 nitrogen and oxygen atoms in total. The molecule has 0 fully saturated rings. The SMILES string of the molecule is O=C(NN=Cc1cc(O)ccc1[N+](=O)[O-])C1COc2ccccc2O1. The van der Waals surface area contributed by atoms with Crippen LogP contribution in [-0.2, 0) is 4.79 Å². The zero-order valence-corrected chi connectivity index (χ0v) is 12.8. The van der Waals surface area contributed by atoms with E-state index >= 15 is 0 Å². The normalized spacial score (nSPS) is 15.8. The lowest BCUT2D eigenvalue weighted by atomic mass is 10.2. The number of rotatable bonds is 4. The molecule has 0 saturated carbocycles. The van der Waals surface area contributed by atoms with Gasteiger partial charge in [0.1, 0.15) is 12.4 Å². The molecule has 1 aliphatic rings. The number of fused-ring (bicyclic) bond motifs is 1. The average molecular weight is 343 g/mol. The number of aromatic hydroxyl groups is 1. The highest BCUT2D eigenvalue weighted by molar-refractivity contribution is 5.88. The first-order valence-electron chi connectivity index (χ1n) is 7.23. The van der Waals surface area contributed by atoms with E-state index in [1.165, 1.54) is 12.1 Å². The van der Waals surface area contributed by atoms with Crippen LogP contribution in [0.2, 0.25) is 0 Å². The minimum Gasteiger partial charge on any atom is -0.508 e. The predicted molar refractivity (Wildman–Crippen MR) is 86.9 cm³/mol. The standard InChI is InChI=1S/C16H13N3O6/c20-11-5-6-12(19(22)23)10(7-11)8-17-18-16(21)15-9-24-13-3-1-2-4-14(13)25-15/h1-8,15,20H,9H2,(H,18,21). The Labute approximate surface area is 141 Å². The van der Waals surface area contributed by atoms with Crippen molar-refractivity contribution in [2.75, 3.05) is 6.61 Å². The summed E-state index contributed by atoms with van der Waals surface area (Å²) in [6, 6.07) is 10.4. The number of nitrogens with one attached hydrogen (secondary N) is 1. The van der Waals surface area contributed by atoms with Crippen LogP contribution in [0.1, 0.15) is 5.56 Å². The van der Waals surface area contributed by atoms with Gasteiger partial charge >= 0.3 is 0 Å². The lowest BCUT2D eigenvalue weighted by molar-refractivity contribution is -0.385. The van der Waals surface area contributed by atoms with Gasteiger partial charge in [0.2, 0.25) is 6.10 Å². The first-order valence-corrected chi connectivity index (χ1v) is 7.23. The number of hydrogen-bond acceptors (Lipinski definition) is 7. The third-order valence-electron chi connectivity index (χ3n) is 3.39. The molecule has 2 N–H and O–H groups in total. The number of para-hydroxylation sites is 2. The number of hydrogen-bond donors (Lipinski definition) is 2. The molecule has 2 aromatic rings. The molecule has 0 aliphatic carbocycles. The summed E-state index contributed by atoms with van der Waals surface area (Å²) in [6.07, 6.45) is 0.180. The molecule has 0 saturated heterocycles. The maximum absolute atomic E-state index is 12.1. The number of phenolic OH excluding ortho intramolecular Hbond substituents is 1. The maximum Gasteiger partial charge on any atom is 0.284 e. The fourth-order valence-corrected chi connectivity index (χ4v) is 2.20. The van der Waals surface area contributed by atoms with Crippen molar-refractivity contribution in [1.82, 2.24) is 5.43 Å². The van der Waals surface area contributed by atoms with Crippen LogP contribution >= 0.6 is 0 Å². The summed E-state index contributed by atoms with van der Waals surface area (Å²) in [5.41, 5.74) is 2.04. The highest BCUT2D eigenvalue weighted by atomic mass is 16.6. The number of nitro groups is 1. The summed E-state index contributed by atoms with van der Waals surface area (Å²) in [5, 5.41) is 24.0. The molecule has 25 heavy (non-hydrogen) atoms. The molecular formula is C16H13N3O6. The second-order valence-electron chi connectivity index (χ2n) is 5.10. The average Bonchev–Trinajstić information content (AvgIpc) is 2.61. The maximum atomic E-state index is 12.1. The van der Waals surface area contributed by atoms with E-state index < -0.39 is 16.9 Å². The topological polar surface area (TPSA) is 123 Å². The van der Waals surface area contributed by atoms with E-state index in [-0.39, 0.29) is 23.6 Å². The second-order valence-corrected chi connectivity index (χ2v) is 5.10. The van der Waals surface area contributed by atoms with Gasteiger partial charge in [-0.15, -0.1) is 0 Å². The van der Waals surface area contributed by atoms with E-state index in [2.05, 4.69) is 10.5 Å². The van der Waals surface area contributed by atoms with E-state index in [1.807, 2.05) is 0 Å². The van der Waals surface area contributed by atoms with Crippen molar-refractivity contribution in [1.29, 1.82) is 0 Å². The number of carbonyl (C=O) groups is 1. The molecule has 1 atom stereocenters. The largest absolute Gasteiger partial charge is 0.508 e. The number of amides is 1. The molecule has 1 amide bonds. The van der Waals surface area contributed by atoms with Gasteiger partial charge in [-0.1, -0.05) is 12.1 Å². The van der Waals surface area contributed by atoms with Crippen LogP contribution in [-0.4, -0.2) is 34.9 Å². The van der Waals surface area contributed by atoms with E-state index in [4.69, 9.17) is 9.47 Å².